The van der Waals surface area contributed by atoms with Gasteiger partial charge in [0.1, 0.15) is 11.6 Å². The summed E-state index contributed by atoms with van der Waals surface area (Å²) in [6.07, 6.45) is 4.09. The van der Waals surface area contributed by atoms with Crippen LogP contribution in [0.2, 0.25) is 5.02 Å². The van der Waals surface area contributed by atoms with E-state index in [0.29, 0.717) is 24.1 Å². The van der Waals surface area contributed by atoms with Crippen LogP contribution >= 0.6 is 11.6 Å². The number of nitrogens with zero attached hydrogens (tertiary/aromatic N) is 2. The van der Waals surface area contributed by atoms with Gasteiger partial charge in [-0.1, -0.05) is 29.8 Å². The number of aromatic nitrogens is 1. The number of carbonyl (C=O) groups is 1. The monoisotopic (exact) mass is 454 g/mol. The molecule has 2 aromatic carbocycles. The number of carbonyl (C=O) groups excluding carboxylic acids is 1. The highest BCUT2D eigenvalue weighted by atomic mass is 35.5. The first-order valence-electron chi connectivity index (χ1n) is 11.0. The third-order valence-electron chi connectivity index (χ3n) is 6.11. The minimum Gasteiger partial charge on any atom is -0.377 e. The van der Waals surface area contributed by atoms with Crippen molar-refractivity contribution in [2.24, 2.45) is 5.92 Å². The SMILES string of the molecule is CN(C)c1cc(N[C@H]2CC[C@@H](CNC(=O)c3ccc(F)c(Cl)c3)CC2)nc2ccccc12. The summed E-state index contributed by atoms with van der Waals surface area (Å²) in [5.74, 6) is 0.587. The smallest absolute Gasteiger partial charge is 0.251 e. The van der Waals surface area contributed by atoms with E-state index in [1.54, 1.807) is 0 Å². The number of hydrogen-bond donors (Lipinski definition) is 2. The van der Waals surface area contributed by atoms with Crippen LogP contribution in [0.15, 0.2) is 48.5 Å². The second-order valence-corrected chi connectivity index (χ2v) is 9.05. The number of para-hydroxylation sites is 1. The molecule has 7 heteroatoms. The Morgan fingerprint density at radius 2 is 1.88 bits per heavy atom. The second kappa shape index (κ2) is 9.74. The Kier molecular flexibility index (Phi) is 6.80. The summed E-state index contributed by atoms with van der Waals surface area (Å²) >= 11 is 5.78. The maximum Gasteiger partial charge on any atom is 0.251 e. The first kappa shape index (κ1) is 22.3. The van der Waals surface area contributed by atoms with Gasteiger partial charge in [0.05, 0.1) is 10.5 Å². The summed E-state index contributed by atoms with van der Waals surface area (Å²) in [4.78, 5) is 19.3. The fourth-order valence-corrected chi connectivity index (χ4v) is 4.48. The molecule has 3 aromatic rings. The van der Waals surface area contributed by atoms with Crippen LogP contribution in [-0.4, -0.2) is 37.6 Å². The van der Waals surface area contributed by atoms with Crippen molar-refractivity contribution in [3.05, 3.63) is 64.9 Å². The molecule has 0 spiro atoms. The molecular weight excluding hydrogens is 427 g/mol. The van der Waals surface area contributed by atoms with Crippen LogP contribution in [0.5, 0.6) is 0 Å². The zero-order chi connectivity index (χ0) is 22.7. The molecule has 1 aromatic heterocycles. The van der Waals surface area contributed by atoms with Crippen molar-refractivity contribution in [1.29, 1.82) is 0 Å². The number of anilines is 2. The van der Waals surface area contributed by atoms with E-state index in [2.05, 4.69) is 27.7 Å². The molecule has 1 saturated carbocycles. The average molecular weight is 455 g/mol. The summed E-state index contributed by atoms with van der Waals surface area (Å²) in [5, 5.41) is 7.68. The predicted octanol–water partition coefficient (Wildman–Crippen LogP) is 5.49. The highest BCUT2D eigenvalue weighted by molar-refractivity contribution is 6.31. The fourth-order valence-electron chi connectivity index (χ4n) is 4.30. The van der Waals surface area contributed by atoms with Crippen LogP contribution in [0, 0.1) is 11.7 Å². The van der Waals surface area contributed by atoms with Crippen LogP contribution in [0.25, 0.3) is 10.9 Å². The molecule has 0 unspecified atom stereocenters. The van der Waals surface area contributed by atoms with Gasteiger partial charge in [-0.15, -0.1) is 0 Å². The lowest BCUT2D eigenvalue weighted by Gasteiger charge is -2.30. The standard InChI is InChI=1S/C25H28ClFN4O/c1-31(2)23-14-24(30-22-6-4-3-5-19(22)23)29-18-10-7-16(8-11-18)15-28-25(32)17-9-12-21(27)20(26)13-17/h3-6,9,12-14,16,18H,7-8,10-11,15H2,1-2H3,(H,28,32)(H,29,30)/t16-,18+. The van der Waals surface area contributed by atoms with E-state index in [1.165, 1.54) is 18.2 Å². The molecule has 1 aliphatic rings. The lowest BCUT2D eigenvalue weighted by molar-refractivity contribution is 0.0943. The van der Waals surface area contributed by atoms with E-state index in [9.17, 15) is 9.18 Å². The van der Waals surface area contributed by atoms with Gasteiger partial charge in [0.25, 0.3) is 5.91 Å². The third-order valence-corrected chi connectivity index (χ3v) is 6.40. The summed E-state index contributed by atoms with van der Waals surface area (Å²) in [6.45, 7) is 0.611. The maximum atomic E-state index is 13.3. The van der Waals surface area contributed by atoms with E-state index < -0.39 is 5.82 Å². The first-order valence-corrected chi connectivity index (χ1v) is 11.4. The molecule has 0 bridgehead atoms. The van der Waals surface area contributed by atoms with Crippen LogP contribution in [0.3, 0.4) is 0 Å². The molecule has 1 aliphatic carbocycles. The van der Waals surface area contributed by atoms with E-state index in [4.69, 9.17) is 16.6 Å². The van der Waals surface area contributed by atoms with Crippen molar-refractivity contribution >= 4 is 39.9 Å². The molecule has 32 heavy (non-hydrogen) atoms. The summed E-state index contributed by atoms with van der Waals surface area (Å²) in [5.41, 5.74) is 2.51. The molecule has 0 saturated heterocycles. The number of rotatable bonds is 6. The van der Waals surface area contributed by atoms with Crippen LogP contribution in [-0.2, 0) is 0 Å². The van der Waals surface area contributed by atoms with Gasteiger partial charge in [-0.2, -0.15) is 0 Å². The van der Waals surface area contributed by atoms with E-state index in [0.717, 1.165) is 48.1 Å². The van der Waals surface area contributed by atoms with Crippen molar-refractivity contribution in [3.8, 4) is 0 Å². The highest BCUT2D eigenvalue weighted by Gasteiger charge is 2.22. The first-order chi connectivity index (χ1) is 15.4. The van der Waals surface area contributed by atoms with Crippen molar-refractivity contribution in [2.75, 3.05) is 30.9 Å². The number of hydrogen-bond acceptors (Lipinski definition) is 4. The predicted molar refractivity (Wildman–Crippen MR) is 129 cm³/mol. The Balaban J connectivity index is 1.31. The van der Waals surface area contributed by atoms with Gasteiger partial charge in [0.2, 0.25) is 0 Å². The molecule has 0 atom stereocenters. The molecule has 1 heterocycles. The Bertz CT molecular complexity index is 1110. The molecule has 1 fully saturated rings. The van der Waals surface area contributed by atoms with Gasteiger partial charge in [-0.3, -0.25) is 4.79 Å². The summed E-state index contributed by atoms with van der Waals surface area (Å²) < 4.78 is 13.3. The third kappa shape index (κ3) is 5.13. The lowest BCUT2D eigenvalue weighted by atomic mass is 9.86. The topological polar surface area (TPSA) is 57.3 Å². The molecule has 2 N–H and O–H groups in total. The number of nitrogens with one attached hydrogen (secondary N) is 2. The quantitative estimate of drug-likeness (QED) is 0.516. The average Bonchev–Trinajstić information content (AvgIpc) is 2.79. The van der Waals surface area contributed by atoms with Crippen LogP contribution in [0.1, 0.15) is 36.0 Å². The number of benzene rings is 2. The molecule has 0 aliphatic heterocycles. The Labute approximate surface area is 193 Å². The maximum absolute atomic E-state index is 13.3. The van der Waals surface area contributed by atoms with Gasteiger partial charge in [-0.05, 0) is 55.9 Å². The summed E-state index contributed by atoms with van der Waals surface area (Å²) in [7, 11) is 4.09. The van der Waals surface area contributed by atoms with Crippen molar-refractivity contribution in [1.82, 2.24) is 10.3 Å². The zero-order valence-corrected chi connectivity index (χ0v) is 19.1. The van der Waals surface area contributed by atoms with Gasteiger partial charge in [0, 0.05) is 49.4 Å². The molecule has 1 amide bonds. The van der Waals surface area contributed by atoms with E-state index >= 15 is 0 Å². The van der Waals surface area contributed by atoms with Crippen molar-refractivity contribution in [3.63, 3.8) is 0 Å². The number of amides is 1. The Morgan fingerprint density at radius 3 is 2.59 bits per heavy atom. The highest BCUT2D eigenvalue weighted by Crippen LogP contribution is 2.30. The lowest BCUT2D eigenvalue weighted by Crippen LogP contribution is -2.34. The Morgan fingerprint density at radius 1 is 1.12 bits per heavy atom. The largest absolute Gasteiger partial charge is 0.377 e. The normalized spacial score (nSPS) is 18.4. The minimum atomic E-state index is -0.521. The Hall–Kier alpha value is -2.86. The molecule has 5 nitrogen and oxygen atoms in total. The number of fused-ring (bicyclic) bond motifs is 1. The van der Waals surface area contributed by atoms with Crippen molar-refractivity contribution < 1.29 is 9.18 Å². The van der Waals surface area contributed by atoms with Gasteiger partial charge in [0.15, 0.2) is 0 Å². The van der Waals surface area contributed by atoms with Crippen LogP contribution in [0.4, 0.5) is 15.9 Å². The zero-order valence-electron chi connectivity index (χ0n) is 18.4. The summed E-state index contributed by atoms with van der Waals surface area (Å²) in [6, 6.07) is 14.7. The fraction of sp³-hybridized carbons (Fsp3) is 0.360. The van der Waals surface area contributed by atoms with Crippen molar-refractivity contribution in [2.45, 2.75) is 31.7 Å². The van der Waals surface area contributed by atoms with E-state index in [1.807, 2.05) is 32.3 Å². The van der Waals surface area contributed by atoms with Crippen LogP contribution < -0.4 is 15.5 Å². The molecular formula is C25H28ClFN4O. The molecule has 4 rings (SSSR count). The van der Waals surface area contributed by atoms with Gasteiger partial charge >= 0.3 is 0 Å². The second-order valence-electron chi connectivity index (χ2n) is 8.64. The molecule has 0 radical (unpaired) electrons. The minimum absolute atomic E-state index is 0.0380. The number of halogens is 2. The van der Waals surface area contributed by atoms with E-state index in [-0.39, 0.29) is 10.9 Å². The van der Waals surface area contributed by atoms with Gasteiger partial charge in [-0.25, -0.2) is 9.37 Å². The number of pyridine rings is 1. The molecule has 168 valence electrons. The van der Waals surface area contributed by atoms with Gasteiger partial charge < -0.3 is 15.5 Å².